The van der Waals surface area contributed by atoms with Gasteiger partial charge in [-0.3, -0.25) is 4.90 Å². The van der Waals surface area contributed by atoms with Crippen molar-refractivity contribution in [1.29, 1.82) is 0 Å². The Morgan fingerprint density at radius 2 is 1.90 bits per heavy atom. The molecule has 1 unspecified atom stereocenters. The SMILES string of the molecule is c1ccc2c(C3CCN(C4CCNC4)CC3)c[nH]c2c1. The van der Waals surface area contributed by atoms with Crippen molar-refractivity contribution in [2.45, 2.75) is 31.2 Å². The summed E-state index contributed by atoms with van der Waals surface area (Å²) in [4.78, 5) is 6.13. The number of nitrogens with one attached hydrogen (secondary N) is 2. The van der Waals surface area contributed by atoms with Gasteiger partial charge in [0.25, 0.3) is 0 Å². The maximum Gasteiger partial charge on any atom is 0.0456 e. The van der Waals surface area contributed by atoms with Crippen LogP contribution in [0, 0.1) is 0 Å². The third kappa shape index (κ3) is 2.15. The number of hydrogen-bond donors (Lipinski definition) is 2. The van der Waals surface area contributed by atoms with E-state index in [1.54, 1.807) is 0 Å². The Morgan fingerprint density at radius 1 is 1.05 bits per heavy atom. The molecule has 0 aliphatic carbocycles. The molecule has 106 valence electrons. The molecule has 4 rings (SSSR count). The third-order valence-electron chi connectivity index (χ3n) is 5.14. The maximum absolute atomic E-state index is 3.49. The molecule has 3 heterocycles. The molecule has 0 bridgehead atoms. The van der Waals surface area contributed by atoms with Gasteiger partial charge in [-0.1, -0.05) is 18.2 Å². The summed E-state index contributed by atoms with van der Waals surface area (Å²) >= 11 is 0. The fourth-order valence-corrected chi connectivity index (χ4v) is 3.96. The minimum absolute atomic E-state index is 0.733. The topological polar surface area (TPSA) is 31.1 Å². The van der Waals surface area contributed by atoms with Gasteiger partial charge in [0.2, 0.25) is 0 Å². The van der Waals surface area contributed by atoms with E-state index in [9.17, 15) is 0 Å². The molecule has 1 atom stereocenters. The van der Waals surface area contributed by atoms with E-state index in [0.717, 1.165) is 12.0 Å². The highest BCUT2D eigenvalue weighted by Crippen LogP contribution is 2.33. The van der Waals surface area contributed by atoms with E-state index in [4.69, 9.17) is 0 Å². The number of likely N-dealkylation sites (tertiary alicyclic amines) is 1. The standard InChI is InChI=1S/C17H23N3/c1-2-4-17-15(3-1)16(12-19-17)13-6-9-20(10-7-13)14-5-8-18-11-14/h1-4,12-14,18-19H,5-11H2. The molecule has 2 aliphatic heterocycles. The van der Waals surface area contributed by atoms with Gasteiger partial charge in [0.1, 0.15) is 0 Å². The zero-order valence-electron chi connectivity index (χ0n) is 11.9. The first-order valence-electron chi connectivity index (χ1n) is 7.92. The van der Waals surface area contributed by atoms with Crippen LogP contribution in [-0.4, -0.2) is 42.1 Å². The minimum Gasteiger partial charge on any atom is -0.361 e. The second kappa shape index (κ2) is 5.23. The number of aromatic amines is 1. The first-order valence-corrected chi connectivity index (χ1v) is 7.92. The smallest absolute Gasteiger partial charge is 0.0456 e. The van der Waals surface area contributed by atoms with E-state index in [1.165, 1.54) is 61.9 Å². The van der Waals surface area contributed by atoms with Crippen LogP contribution in [0.5, 0.6) is 0 Å². The summed E-state index contributed by atoms with van der Waals surface area (Å²) in [6, 6.07) is 9.49. The highest BCUT2D eigenvalue weighted by Gasteiger charge is 2.28. The Labute approximate surface area is 120 Å². The Hall–Kier alpha value is -1.32. The second-order valence-electron chi connectivity index (χ2n) is 6.25. The van der Waals surface area contributed by atoms with Crippen LogP contribution in [0.2, 0.25) is 0 Å². The lowest BCUT2D eigenvalue weighted by Gasteiger charge is -2.35. The lowest BCUT2D eigenvalue weighted by molar-refractivity contribution is 0.162. The summed E-state index contributed by atoms with van der Waals surface area (Å²) in [6.07, 6.45) is 6.18. The van der Waals surface area contributed by atoms with Crippen molar-refractivity contribution in [3.8, 4) is 0 Å². The summed E-state index contributed by atoms with van der Waals surface area (Å²) in [5.74, 6) is 0.733. The third-order valence-corrected chi connectivity index (χ3v) is 5.14. The van der Waals surface area contributed by atoms with E-state index in [1.807, 2.05) is 0 Å². The average Bonchev–Trinajstić information content (AvgIpc) is 3.17. The molecule has 0 saturated carbocycles. The summed E-state index contributed by atoms with van der Waals surface area (Å²) in [7, 11) is 0. The number of hydrogen-bond acceptors (Lipinski definition) is 2. The molecular formula is C17H23N3. The van der Waals surface area contributed by atoms with Gasteiger partial charge in [-0.25, -0.2) is 0 Å². The van der Waals surface area contributed by atoms with Crippen LogP contribution in [0.3, 0.4) is 0 Å². The second-order valence-corrected chi connectivity index (χ2v) is 6.25. The van der Waals surface area contributed by atoms with Crippen molar-refractivity contribution < 1.29 is 0 Å². The van der Waals surface area contributed by atoms with Gasteiger partial charge < -0.3 is 10.3 Å². The molecular weight excluding hydrogens is 246 g/mol. The largest absolute Gasteiger partial charge is 0.361 e. The summed E-state index contributed by atoms with van der Waals surface area (Å²) < 4.78 is 0. The average molecular weight is 269 g/mol. The minimum atomic E-state index is 0.733. The van der Waals surface area contributed by atoms with Gasteiger partial charge in [-0.05, 0) is 56.4 Å². The number of benzene rings is 1. The predicted octanol–water partition coefficient (Wildman–Crippen LogP) is 2.71. The number of H-pyrrole nitrogens is 1. The van der Waals surface area contributed by atoms with E-state index >= 15 is 0 Å². The van der Waals surface area contributed by atoms with Gasteiger partial charge in [0.15, 0.2) is 0 Å². The van der Waals surface area contributed by atoms with Crippen LogP contribution in [0.15, 0.2) is 30.5 Å². The molecule has 2 aromatic rings. The van der Waals surface area contributed by atoms with Crippen molar-refractivity contribution in [2.75, 3.05) is 26.2 Å². The van der Waals surface area contributed by atoms with Crippen LogP contribution >= 0.6 is 0 Å². The quantitative estimate of drug-likeness (QED) is 0.878. The lowest BCUT2D eigenvalue weighted by Crippen LogP contribution is -2.42. The summed E-state index contributed by atoms with van der Waals surface area (Å²) in [5.41, 5.74) is 2.81. The summed E-state index contributed by atoms with van der Waals surface area (Å²) in [6.45, 7) is 4.91. The van der Waals surface area contributed by atoms with Crippen molar-refractivity contribution in [3.05, 3.63) is 36.0 Å². The van der Waals surface area contributed by atoms with Crippen molar-refractivity contribution in [3.63, 3.8) is 0 Å². The van der Waals surface area contributed by atoms with E-state index < -0.39 is 0 Å². The number of aromatic nitrogens is 1. The van der Waals surface area contributed by atoms with Gasteiger partial charge in [0, 0.05) is 29.7 Å². The number of nitrogens with zero attached hydrogens (tertiary/aromatic N) is 1. The normalized spacial score (nSPS) is 25.5. The molecule has 2 saturated heterocycles. The monoisotopic (exact) mass is 269 g/mol. The molecule has 3 nitrogen and oxygen atoms in total. The van der Waals surface area contributed by atoms with Crippen molar-refractivity contribution >= 4 is 10.9 Å². The zero-order valence-corrected chi connectivity index (χ0v) is 11.9. The Balaban J connectivity index is 1.48. The molecule has 2 fully saturated rings. The van der Waals surface area contributed by atoms with Crippen LogP contribution < -0.4 is 5.32 Å². The summed E-state index contributed by atoms with van der Waals surface area (Å²) in [5, 5.41) is 4.91. The predicted molar refractivity (Wildman–Crippen MR) is 83.1 cm³/mol. The fourth-order valence-electron chi connectivity index (χ4n) is 3.96. The molecule has 3 heteroatoms. The molecule has 1 aromatic carbocycles. The highest BCUT2D eigenvalue weighted by atomic mass is 15.2. The molecule has 0 spiro atoms. The Bertz CT molecular complexity index is 575. The fraction of sp³-hybridized carbons (Fsp3) is 0.529. The number of piperidine rings is 1. The maximum atomic E-state index is 3.49. The van der Waals surface area contributed by atoms with Gasteiger partial charge in [-0.15, -0.1) is 0 Å². The molecule has 1 aromatic heterocycles. The van der Waals surface area contributed by atoms with Gasteiger partial charge in [-0.2, -0.15) is 0 Å². The first-order chi connectivity index (χ1) is 9.92. The van der Waals surface area contributed by atoms with Crippen LogP contribution in [0.1, 0.15) is 30.7 Å². The molecule has 0 amide bonds. The van der Waals surface area contributed by atoms with Gasteiger partial charge >= 0.3 is 0 Å². The Morgan fingerprint density at radius 3 is 2.70 bits per heavy atom. The highest BCUT2D eigenvalue weighted by molar-refractivity contribution is 5.83. The molecule has 2 aliphatic rings. The van der Waals surface area contributed by atoms with Crippen molar-refractivity contribution in [2.24, 2.45) is 0 Å². The molecule has 0 radical (unpaired) electrons. The molecule has 2 N–H and O–H groups in total. The zero-order chi connectivity index (χ0) is 13.4. The van der Waals surface area contributed by atoms with E-state index in [-0.39, 0.29) is 0 Å². The Kier molecular flexibility index (Phi) is 3.25. The van der Waals surface area contributed by atoms with E-state index in [0.29, 0.717) is 0 Å². The van der Waals surface area contributed by atoms with Crippen LogP contribution in [-0.2, 0) is 0 Å². The number of fused-ring (bicyclic) bond motifs is 1. The van der Waals surface area contributed by atoms with Gasteiger partial charge in [0.05, 0.1) is 0 Å². The van der Waals surface area contributed by atoms with Crippen molar-refractivity contribution in [1.82, 2.24) is 15.2 Å². The van der Waals surface area contributed by atoms with Crippen LogP contribution in [0.4, 0.5) is 0 Å². The number of rotatable bonds is 2. The lowest BCUT2D eigenvalue weighted by atomic mass is 9.88. The van der Waals surface area contributed by atoms with E-state index in [2.05, 4.69) is 45.7 Å². The first kappa shape index (κ1) is 12.4. The molecule has 20 heavy (non-hydrogen) atoms. The number of para-hydroxylation sites is 1. The van der Waals surface area contributed by atoms with Crippen LogP contribution in [0.25, 0.3) is 10.9 Å².